The van der Waals surface area contributed by atoms with Crippen LogP contribution in [0.3, 0.4) is 0 Å². The number of anilines is 2. The van der Waals surface area contributed by atoms with E-state index in [1.807, 2.05) is 0 Å². The summed E-state index contributed by atoms with van der Waals surface area (Å²) in [5.41, 5.74) is 9.87. The Hall–Kier alpha value is -5.44. The smallest absolute Gasteiger partial charge is 0.435 e. The van der Waals surface area contributed by atoms with Crippen molar-refractivity contribution in [3.8, 4) is 5.69 Å². The lowest BCUT2D eigenvalue weighted by Crippen LogP contribution is -2.24. The molecule has 0 saturated heterocycles. The molecule has 0 aliphatic heterocycles. The third kappa shape index (κ3) is 8.96. The van der Waals surface area contributed by atoms with Gasteiger partial charge in [0.2, 0.25) is 0 Å². The molecule has 0 spiro atoms. The van der Waals surface area contributed by atoms with E-state index < -0.39 is 53.1 Å². The van der Waals surface area contributed by atoms with Crippen LogP contribution in [0.2, 0.25) is 0 Å². The summed E-state index contributed by atoms with van der Waals surface area (Å²) in [7, 11) is 0. The molecule has 5 rings (SSSR count). The van der Waals surface area contributed by atoms with Gasteiger partial charge < -0.3 is 31.0 Å². The Labute approximate surface area is 284 Å². The third-order valence-corrected chi connectivity index (χ3v) is 7.50. The normalized spacial score (nSPS) is 13.8. The Kier molecular flexibility index (Phi) is 10.2. The van der Waals surface area contributed by atoms with Crippen molar-refractivity contribution >= 4 is 29.3 Å². The van der Waals surface area contributed by atoms with Crippen molar-refractivity contribution in [3.05, 3.63) is 106 Å². The van der Waals surface area contributed by atoms with Gasteiger partial charge in [0.05, 0.1) is 23.5 Å². The number of nitrogen functional groups attached to an aromatic ring is 1. The van der Waals surface area contributed by atoms with Gasteiger partial charge in [0.15, 0.2) is 5.69 Å². The Morgan fingerprint density at radius 1 is 1.00 bits per heavy atom. The van der Waals surface area contributed by atoms with Crippen LogP contribution >= 0.6 is 0 Å². The number of carbonyl (C=O) groups is 3. The number of hydrogen-bond acceptors (Lipinski definition) is 8. The molecule has 5 N–H and O–H groups in total. The standard InChI is InChI=1S/C35H35F4N5O6/c1-34(2,3)50-32(46)24-11-9-21(14-26(24)40)30(48-17-19-7-8-19)22-10-12-25(36)27(15-22)42-31(45)28-16-29(35(37,38)39)43-44(28)23-6-4-5-20(13-23)18-49-33(41)47/h4-6,9-16,19,30H,7-8,17-18,40H2,1-3H3,(H2,41,47)(H,42,45). The van der Waals surface area contributed by atoms with E-state index >= 15 is 4.39 Å². The molecule has 1 aliphatic carbocycles. The van der Waals surface area contributed by atoms with Crippen molar-refractivity contribution in [1.82, 2.24) is 9.78 Å². The fraction of sp³-hybridized carbons (Fsp3) is 0.314. The zero-order chi connectivity index (χ0) is 36.4. The lowest BCUT2D eigenvalue weighted by Gasteiger charge is -2.22. The fourth-order valence-corrected chi connectivity index (χ4v) is 4.96. The minimum Gasteiger partial charge on any atom is -0.456 e. The van der Waals surface area contributed by atoms with Gasteiger partial charge in [0, 0.05) is 11.8 Å². The lowest BCUT2D eigenvalue weighted by atomic mass is 9.98. The highest BCUT2D eigenvalue weighted by Gasteiger charge is 2.36. The van der Waals surface area contributed by atoms with Crippen LogP contribution in [0.4, 0.5) is 33.7 Å². The summed E-state index contributed by atoms with van der Waals surface area (Å²) in [6, 6.07) is 14.8. The van der Waals surface area contributed by atoms with Gasteiger partial charge in [-0.25, -0.2) is 18.7 Å². The average molecular weight is 698 g/mol. The van der Waals surface area contributed by atoms with Gasteiger partial charge in [-0.15, -0.1) is 0 Å². The highest BCUT2D eigenvalue weighted by molar-refractivity contribution is 6.03. The van der Waals surface area contributed by atoms with E-state index in [-0.39, 0.29) is 29.2 Å². The topological polar surface area (TPSA) is 161 Å². The predicted molar refractivity (Wildman–Crippen MR) is 174 cm³/mol. The number of nitrogens with two attached hydrogens (primary N) is 2. The van der Waals surface area contributed by atoms with Crippen molar-refractivity contribution in [1.29, 1.82) is 0 Å². The minimum absolute atomic E-state index is 0.0337. The van der Waals surface area contributed by atoms with E-state index in [1.165, 1.54) is 42.5 Å². The largest absolute Gasteiger partial charge is 0.456 e. The maximum absolute atomic E-state index is 15.2. The van der Waals surface area contributed by atoms with Crippen molar-refractivity contribution in [2.75, 3.05) is 17.7 Å². The molecular formula is C35H35F4N5O6. The molecule has 3 aromatic carbocycles. The molecule has 1 aromatic heterocycles. The van der Waals surface area contributed by atoms with Crippen LogP contribution in [0.25, 0.3) is 5.69 Å². The number of ether oxygens (including phenoxy) is 3. The minimum atomic E-state index is -4.91. The predicted octanol–water partition coefficient (Wildman–Crippen LogP) is 6.93. The molecule has 1 unspecified atom stereocenters. The second-order valence-corrected chi connectivity index (χ2v) is 12.8. The number of amides is 2. The van der Waals surface area contributed by atoms with Crippen LogP contribution in [0.1, 0.15) is 82.9 Å². The molecule has 11 nitrogen and oxygen atoms in total. The lowest BCUT2D eigenvalue weighted by molar-refractivity contribution is -0.141. The molecule has 0 radical (unpaired) electrons. The van der Waals surface area contributed by atoms with Crippen molar-refractivity contribution in [2.24, 2.45) is 11.7 Å². The maximum Gasteiger partial charge on any atom is 0.435 e. The SMILES string of the molecule is CC(C)(C)OC(=O)c1ccc(C(OCC2CC2)c2ccc(F)c(NC(=O)c3cc(C(F)(F)F)nn3-c3cccc(COC(N)=O)c3)c2)cc1N. The summed E-state index contributed by atoms with van der Waals surface area (Å²) >= 11 is 0. The maximum atomic E-state index is 15.2. The van der Waals surface area contributed by atoms with Crippen LogP contribution in [0, 0.1) is 11.7 Å². The number of halogens is 4. The first-order valence-electron chi connectivity index (χ1n) is 15.5. The molecule has 1 fully saturated rings. The zero-order valence-electron chi connectivity index (χ0n) is 27.3. The van der Waals surface area contributed by atoms with Gasteiger partial charge in [-0.05, 0) is 92.6 Å². The van der Waals surface area contributed by atoms with Gasteiger partial charge in [0.25, 0.3) is 5.91 Å². The van der Waals surface area contributed by atoms with Crippen LogP contribution in [0.5, 0.6) is 0 Å². The Morgan fingerprint density at radius 2 is 1.70 bits per heavy atom. The number of benzene rings is 3. The molecule has 1 saturated carbocycles. The number of carbonyl (C=O) groups excluding carboxylic acids is 3. The van der Waals surface area contributed by atoms with E-state index in [9.17, 15) is 27.6 Å². The zero-order valence-corrected chi connectivity index (χ0v) is 27.3. The molecular weight excluding hydrogens is 662 g/mol. The van der Waals surface area contributed by atoms with Crippen molar-refractivity contribution < 1.29 is 46.2 Å². The summed E-state index contributed by atoms with van der Waals surface area (Å²) < 4.78 is 73.7. The molecule has 15 heteroatoms. The first-order chi connectivity index (χ1) is 23.5. The second-order valence-electron chi connectivity index (χ2n) is 12.8. The van der Waals surface area contributed by atoms with E-state index in [0.717, 1.165) is 23.6 Å². The Bertz CT molecular complexity index is 1920. The monoisotopic (exact) mass is 697 g/mol. The molecule has 50 heavy (non-hydrogen) atoms. The van der Waals surface area contributed by atoms with Crippen LogP contribution in [0.15, 0.2) is 66.7 Å². The molecule has 1 aliphatic rings. The first-order valence-corrected chi connectivity index (χ1v) is 15.5. The average Bonchev–Trinajstić information content (AvgIpc) is 3.74. The quantitative estimate of drug-likeness (QED) is 0.0864. The van der Waals surface area contributed by atoms with Gasteiger partial charge in [-0.2, -0.15) is 18.3 Å². The first kappa shape index (κ1) is 35.9. The Morgan fingerprint density at radius 3 is 2.34 bits per heavy atom. The van der Waals surface area contributed by atoms with Crippen LogP contribution < -0.4 is 16.8 Å². The summed E-state index contributed by atoms with van der Waals surface area (Å²) in [6.45, 7) is 5.28. The summed E-state index contributed by atoms with van der Waals surface area (Å²) in [5, 5.41) is 5.96. The van der Waals surface area contributed by atoms with Crippen molar-refractivity contribution in [3.63, 3.8) is 0 Å². The van der Waals surface area contributed by atoms with E-state index in [2.05, 4.69) is 10.4 Å². The van der Waals surface area contributed by atoms with Gasteiger partial charge in [-0.1, -0.05) is 24.3 Å². The Balaban J connectivity index is 1.47. The molecule has 0 bridgehead atoms. The molecule has 1 heterocycles. The number of hydrogen-bond donors (Lipinski definition) is 3. The number of aromatic nitrogens is 2. The summed E-state index contributed by atoms with van der Waals surface area (Å²) in [5.74, 6) is -2.23. The highest BCUT2D eigenvalue weighted by Crippen LogP contribution is 2.36. The van der Waals surface area contributed by atoms with Crippen LogP contribution in [-0.4, -0.2) is 40.0 Å². The summed E-state index contributed by atoms with van der Waals surface area (Å²) in [6.07, 6.45) is -4.82. The van der Waals surface area contributed by atoms with Gasteiger partial charge in [-0.3, -0.25) is 4.79 Å². The molecule has 1 atom stereocenters. The number of alkyl halides is 3. The molecule has 2 amide bonds. The van der Waals surface area contributed by atoms with Gasteiger partial charge >= 0.3 is 18.2 Å². The number of nitrogens with one attached hydrogen (secondary N) is 1. The van der Waals surface area contributed by atoms with Crippen LogP contribution in [-0.2, 0) is 27.0 Å². The second kappa shape index (κ2) is 14.2. The fourth-order valence-electron chi connectivity index (χ4n) is 4.96. The number of primary amides is 1. The molecule has 264 valence electrons. The number of nitrogens with zero attached hydrogens (tertiary/aromatic N) is 2. The van der Waals surface area contributed by atoms with E-state index in [0.29, 0.717) is 35.3 Å². The van der Waals surface area contributed by atoms with E-state index in [1.54, 1.807) is 32.9 Å². The van der Waals surface area contributed by atoms with E-state index in [4.69, 9.17) is 25.7 Å². The highest BCUT2D eigenvalue weighted by atomic mass is 19.4. The van der Waals surface area contributed by atoms with Crippen molar-refractivity contribution in [2.45, 2.75) is 58.1 Å². The molecule has 4 aromatic rings. The van der Waals surface area contributed by atoms with Gasteiger partial charge in [0.1, 0.15) is 29.8 Å². The third-order valence-electron chi connectivity index (χ3n) is 7.50. The summed E-state index contributed by atoms with van der Waals surface area (Å²) in [4.78, 5) is 37.3. The number of esters is 1. The number of rotatable bonds is 11.